The monoisotopic (exact) mass is 355 g/mol. The lowest BCUT2D eigenvalue weighted by atomic mass is 9.86. The molecule has 2 N–H and O–H groups in total. The fourth-order valence-corrected chi connectivity index (χ4v) is 3.68. The molecule has 6 nitrogen and oxygen atoms in total. The molecule has 0 atom stereocenters. The molecule has 0 bridgehead atoms. The summed E-state index contributed by atoms with van der Waals surface area (Å²) < 4.78 is 1.87. The van der Waals surface area contributed by atoms with Crippen molar-refractivity contribution >= 4 is 11.9 Å². The van der Waals surface area contributed by atoms with Crippen LogP contribution in [0.15, 0.2) is 30.3 Å². The molecule has 2 aromatic rings. The number of carboxylic acid groups (broad SMARTS) is 1. The Balaban J connectivity index is 1.63. The molecule has 1 aromatic heterocycles. The summed E-state index contributed by atoms with van der Waals surface area (Å²) in [4.78, 5) is 23.5. The van der Waals surface area contributed by atoms with E-state index in [0.29, 0.717) is 19.3 Å². The van der Waals surface area contributed by atoms with Gasteiger partial charge in [0.05, 0.1) is 23.7 Å². The van der Waals surface area contributed by atoms with Gasteiger partial charge >= 0.3 is 5.97 Å². The second kappa shape index (κ2) is 7.72. The number of hydrogen-bond donors (Lipinski definition) is 2. The van der Waals surface area contributed by atoms with Crippen LogP contribution in [0.1, 0.15) is 42.6 Å². The number of aryl methyl sites for hydroxylation is 1. The van der Waals surface area contributed by atoms with E-state index < -0.39 is 5.97 Å². The van der Waals surface area contributed by atoms with Crippen LogP contribution in [0.4, 0.5) is 0 Å². The third-order valence-corrected chi connectivity index (χ3v) is 5.22. The van der Waals surface area contributed by atoms with Gasteiger partial charge in [-0.25, -0.2) is 4.68 Å². The highest BCUT2D eigenvalue weighted by molar-refractivity contribution is 5.79. The summed E-state index contributed by atoms with van der Waals surface area (Å²) in [5, 5.41) is 16.7. The van der Waals surface area contributed by atoms with Gasteiger partial charge in [-0.15, -0.1) is 0 Å². The van der Waals surface area contributed by atoms with Crippen molar-refractivity contribution in [2.45, 2.75) is 52.0 Å². The summed E-state index contributed by atoms with van der Waals surface area (Å²) in [6.45, 7) is 3.90. The van der Waals surface area contributed by atoms with E-state index >= 15 is 0 Å². The number of carboxylic acids is 1. The van der Waals surface area contributed by atoms with Gasteiger partial charge in [-0.05, 0) is 51.7 Å². The highest BCUT2D eigenvalue weighted by Crippen LogP contribution is 2.25. The van der Waals surface area contributed by atoms with Crippen LogP contribution in [0.5, 0.6) is 0 Å². The van der Waals surface area contributed by atoms with Gasteiger partial charge < -0.3 is 10.4 Å². The van der Waals surface area contributed by atoms with Crippen molar-refractivity contribution in [3.05, 3.63) is 47.3 Å². The second-order valence-corrected chi connectivity index (χ2v) is 7.03. The largest absolute Gasteiger partial charge is 0.481 e. The molecule has 1 aliphatic carbocycles. The molecule has 1 fully saturated rings. The normalized spacial score (nSPS) is 19.9. The number of benzene rings is 1. The Hall–Kier alpha value is -2.63. The van der Waals surface area contributed by atoms with E-state index in [9.17, 15) is 9.59 Å². The van der Waals surface area contributed by atoms with Crippen LogP contribution in [-0.4, -0.2) is 32.8 Å². The molecule has 1 saturated carbocycles. The SMILES string of the molecule is Cc1nn(-c2ccccc2)c(C)c1CC(=O)NC1CCC(C(=O)O)CC1. The van der Waals surface area contributed by atoms with Crippen LogP contribution in [0, 0.1) is 19.8 Å². The summed E-state index contributed by atoms with van der Waals surface area (Å²) >= 11 is 0. The molecule has 0 saturated heterocycles. The van der Waals surface area contributed by atoms with Crippen LogP contribution in [0.3, 0.4) is 0 Å². The van der Waals surface area contributed by atoms with Gasteiger partial charge in [0.1, 0.15) is 0 Å². The van der Waals surface area contributed by atoms with Gasteiger partial charge in [0.15, 0.2) is 0 Å². The van der Waals surface area contributed by atoms with Crippen LogP contribution in [0.25, 0.3) is 5.69 Å². The predicted octanol–water partition coefficient (Wildman–Crippen LogP) is 2.79. The maximum atomic E-state index is 12.5. The number of hydrogen-bond acceptors (Lipinski definition) is 3. The number of para-hydroxylation sites is 1. The second-order valence-electron chi connectivity index (χ2n) is 7.03. The first-order valence-electron chi connectivity index (χ1n) is 9.08. The topological polar surface area (TPSA) is 84.2 Å². The van der Waals surface area contributed by atoms with Crippen molar-refractivity contribution in [1.29, 1.82) is 0 Å². The third-order valence-electron chi connectivity index (χ3n) is 5.22. The van der Waals surface area contributed by atoms with Crippen molar-refractivity contribution in [2.75, 3.05) is 0 Å². The number of amides is 1. The Kier molecular flexibility index (Phi) is 5.40. The smallest absolute Gasteiger partial charge is 0.306 e. The summed E-state index contributed by atoms with van der Waals surface area (Å²) in [5.74, 6) is -1.02. The number of aliphatic carboxylic acids is 1. The summed E-state index contributed by atoms with van der Waals surface area (Å²) in [6, 6.07) is 9.94. The number of nitrogens with one attached hydrogen (secondary N) is 1. The maximum absolute atomic E-state index is 12.5. The minimum atomic E-state index is -0.727. The van der Waals surface area contributed by atoms with E-state index in [2.05, 4.69) is 10.4 Å². The standard InChI is InChI=1S/C20H25N3O3/c1-13-18(14(2)23(22-13)17-6-4-3-5-7-17)12-19(24)21-16-10-8-15(9-11-16)20(25)26/h3-7,15-16H,8-12H2,1-2H3,(H,21,24)(H,25,26). The number of carbonyl (C=O) groups excluding carboxylic acids is 1. The summed E-state index contributed by atoms with van der Waals surface area (Å²) in [6.07, 6.45) is 3.01. The molecular formula is C20H25N3O3. The average molecular weight is 355 g/mol. The zero-order valence-corrected chi connectivity index (χ0v) is 15.2. The van der Waals surface area contributed by atoms with Crippen LogP contribution in [-0.2, 0) is 16.0 Å². The Bertz CT molecular complexity index is 790. The molecule has 1 aromatic carbocycles. The fourth-order valence-electron chi connectivity index (χ4n) is 3.68. The van der Waals surface area contributed by atoms with Crippen molar-refractivity contribution in [1.82, 2.24) is 15.1 Å². The molecule has 0 aliphatic heterocycles. The van der Waals surface area contributed by atoms with Crippen LogP contribution >= 0.6 is 0 Å². The lowest BCUT2D eigenvalue weighted by molar-refractivity contribution is -0.142. The first kappa shape index (κ1) is 18.2. The average Bonchev–Trinajstić information content (AvgIpc) is 2.91. The van der Waals surface area contributed by atoms with Gasteiger partial charge in [0.25, 0.3) is 0 Å². The molecule has 1 heterocycles. The van der Waals surface area contributed by atoms with Crippen LogP contribution in [0.2, 0.25) is 0 Å². The lowest BCUT2D eigenvalue weighted by Gasteiger charge is -2.26. The van der Waals surface area contributed by atoms with Gasteiger partial charge in [0, 0.05) is 17.3 Å². The fraction of sp³-hybridized carbons (Fsp3) is 0.450. The molecular weight excluding hydrogens is 330 g/mol. The molecule has 138 valence electrons. The first-order valence-corrected chi connectivity index (χ1v) is 9.08. The van der Waals surface area contributed by atoms with Gasteiger partial charge in [-0.3, -0.25) is 9.59 Å². The van der Waals surface area contributed by atoms with Gasteiger partial charge in [-0.1, -0.05) is 18.2 Å². The molecule has 0 unspecified atom stereocenters. The summed E-state index contributed by atoms with van der Waals surface area (Å²) in [5.41, 5.74) is 3.76. The Morgan fingerprint density at radius 2 is 1.81 bits per heavy atom. The van der Waals surface area contributed by atoms with Gasteiger partial charge in [-0.2, -0.15) is 5.10 Å². The van der Waals surface area contributed by atoms with E-state index in [1.165, 1.54) is 0 Å². The van der Waals surface area contributed by atoms with Crippen molar-refractivity contribution < 1.29 is 14.7 Å². The highest BCUT2D eigenvalue weighted by atomic mass is 16.4. The number of rotatable bonds is 5. The molecule has 26 heavy (non-hydrogen) atoms. The van der Waals surface area contributed by atoms with E-state index in [0.717, 1.165) is 35.5 Å². The maximum Gasteiger partial charge on any atom is 0.306 e. The van der Waals surface area contributed by atoms with Crippen LogP contribution < -0.4 is 5.32 Å². The molecule has 0 spiro atoms. The highest BCUT2D eigenvalue weighted by Gasteiger charge is 2.27. The number of aromatic nitrogens is 2. The molecule has 3 rings (SSSR count). The van der Waals surface area contributed by atoms with Crippen molar-refractivity contribution in [2.24, 2.45) is 5.92 Å². The molecule has 1 aliphatic rings. The van der Waals surface area contributed by atoms with Gasteiger partial charge in [0.2, 0.25) is 5.91 Å². The molecule has 0 radical (unpaired) electrons. The zero-order valence-electron chi connectivity index (χ0n) is 15.2. The summed E-state index contributed by atoms with van der Waals surface area (Å²) in [7, 11) is 0. The molecule has 1 amide bonds. The quantitative estimate of drug-likeness (QED) is 0.864. The first-order chi connectivity index (χ1) is 12.5. The number of nitrogens with zero attached hydrogens (tertiary/aromatic N) is 2. The minimum absolute atomic E-state index is 0.0254. The third kappa shape index (κ3) is 3.95. The van der Waals surface area contributed by atoms with E-state index in [-0.39, 0.29) is 17.9 Å². The molecule has 6 heteroatoms. The minimum Gasteiger partial charge on any atom is -0.481 e. The van der Waals surface area contributed by atoms with Crippen molar-refractivity contribution in [3.63, 3.8) is 0 Å². The van der Waals surface area contributed by atoms with E-state index in [1.807, 2.05) is 48.9 Å². The number of carbonyl (C=O) groups is 2. The Morgan fingerprint density at radius 1 is 1.15 bits per heavy atom. The van der Waals surface area contributed by atoms with Crippen molar-refractivity contribution in [3.8, 4) is 5.69 Å². The predicted molar refractivity (Wildman–Crippen MR) is 98.3 cm³/mol. The Labute approximate surface area is 153 Å². The zero-order chi connectivity index (χ0) is 18.7. The van der Waals surface area contributed by atoms with E-state index in [4.69, 9.17) is 5.11 Å². The lowest BCUT2D eigenvalue weighted by Crippen LogP contribution is -2.39. The Morgan fingerprint density at radius 3 is 2.42 bits per heavy atom. The van der Waals surface area contributed by atoms with E-state index in [1.54, 1.807) is 0 Å².